The van der Waals surface area contributed by atoms with Gasteiger partial charge in [-0.15, -0.1) is 0 Å². The zero-order valence-electron chi connectivity index (χ0n) is 21.1. The molecule has 38 heavy (non-hydrogen) atoms. The second kappa shape index (κ2) is 11.2. The SMILES string of the molecule is O=C(OC1C[N+]2(CCCc3ccccc3)CCC1CC2)N(Cc1cc(F)c(F)c(F)c1)c1ccccc1F. The number of hydrogen-bond acceptors (Lipinski definition) is 2. The summed E-state index contributed by atoms with van der Waals surface area (Å²) >= 11 is 0. The third-order valence-electron chi connectivity index (χ3n) is 7.98. The molecule has 3 fully saturated rings. The molecule has 1 atom stereocenters. The number of anilines is 1. The first kappa shape index (κ1) is 26.2. The summed E-state index contributed by atoms with van der Waals surface area (Å²) < 4.78 is 62.8. The maximum atomic E-state index is 14.7. The van der Waals surface area contributed by atoms with E-state index in [4.69, 9.17) is 4.74 Å². The first-order valence-electron chi connectivity index (χ1n) is 13.1. The average molecular weight is 528 g/mol. The number of para-hydroxylation sites is 1. The summed E-state index contributed by atoms with van der Waals surface area (Å²) in [7, 11) is 0. The lowest BCUT2D eigenvalue weighted by atomic mass is 9.83. The highest BCUT2D eigenvalue weighted by Crippen LogP contribution is 2.37. The number of ether oxygens (including phenoxy) is 1. The Hall–Kier alpha value is -3.39. The van der Waals surface area contributed by atoms with Crippen molar-refractivity contribution in [3.63, 3.8) is 0 Å². The molecule has 4 nitrogen and oxygen atoms in total. The van der Waals surface area contributed by atoms with E-state index in [9.17, 15) is 22.4 Å². The molecule has 3 aromatic rings. The van der Waals surface area contributed by atoms with Crippen LogP contribution in [0.15, 0.2) is 66.7 Å². The van der Waals surface area contributed by atoms with Crippen LogP contribution in [0.5, 0.6) is 0 Å². The third-order valence-corrected chi connectivity index (χ3v) is 7.98. The number of carbonyl (C=O) groups excluding carboxylic acids is 1. The van der Waals surface area contributed by atoms with E-state index < -0.39 is 29.4 Å². The summed E-state index contributed by atoms with van der Waals surface area (Å²) in [5, 5.41) is 0. The number of fused-ring (bicyclic) bond motifs is 3. The van der Waals surface area contributed by atoms with Crippen LogP contribution in [0.3, 0.4) is 0 Å². The number of piperidine rings is 3. The average Bonchev–Trinajstić information content (AvgIpc) is 2.92. The van der Waals surface area contributed by atoms with E-state index in [-0.39, 0.29) is 29.8 Å². The van der Waals surface area contributed by atoms with Gasteiger partial charge >= 0.3 is 6.09 Å². The van der Waals surface area contributed by atoms with Crippen molar-refractivity contribution in [2.75, 3.05) is 31.1 Å². The highest BCUT2D eigenvalue weighted by molar-refractivity contribution is 5.87. The van der Waals surface area contributed by atoms with Crippen molar-refractivity contribution in [1.82, 2.24) is 0 Å². The fourth-order valence-electron chi connectivity index (χ4n) is 5.93. The molecule has 3 aliphatic heterocycles. The summed E-state index contributed by atoms with van der Waals surface area (Å²) in [5.41, 5.74) is 1.21. The number of benzene rings is 3. The maximum absolute atomic E-state index is 14.7. The van der Waals surface area contributed by atoms with Gasteiger partial charge in [0.1, 0.15) is 12.4 Å². The number of aryl methyl sites for hydroxylation is 1. The highest BCUT2D eigenvalue weighted by atomic mass is 19.2. The fraction of sp³-hybridized carbons (Fsp3) is 0.367. The monoisotopic (exact) mass is 527 g/mol. The molecule has 0 N–H and O–H groups in total. The largest absolute Gasteiger partial charge is 0.440 e. The molecule has 3 saturated heterocycles. The molecule has 0 aliphatic carbocycles. The first-order chi connectivity index (χ1) is 18.3. The van der Waals surface area contributed by atoms with Gasteiger partial charge in [-0.1, -0.05) is 42.5 Å². The smallest absolute Gasteiger partial charge is 0.415 e. The molecule has 0 saturated carbocycles. The van der Waals surface area contributed by atoms with Gasteiger partial charge in [-0.3, -0.25) is 4.90 Å². The minimum Gasteiger partial charge on any atom is -0.440 e. The lowest BCUT2D eigenvalue weighted by molar-refractivity contribution is -0.946. The molecule has 1 amide bonds. The van der Waals surface area contributed by atoms with Crippen LogP contribution in [0.4, 0.5) is 28.0 Å². The second-order valence-corrected chi connectivity index (χ2v) is 10.5. The van der Waals surface area contributed by atoms with Crippen LogP contribution in [-0.2, 0) is 17.7 Å². The van der Waals surface area contributed by atoms with E-state index in [1.807, 2.05) is 18.2 Å². The summed E-state index contributed by atoms with van der Waals surface area (Å²) in [6, 6.07) is 17.6. The van der Waals surface area contributed by atoms with Crippen LogP contribution in [0.25, 0.3) is 0 Å². The number of hydrogen-bond donors (Lipinski definition) is 0. The molecule has 0 spiro atoms. The molecular formula is C30H31F4N2O2+. The lowest BCUT2D eigenvalue weighted by Crippen LogP contribution is -2.65. The number of rotatable bonds is 8. The van der Waals surface area contributed by atoms with Crippen molar-refractivity contribution in [2.45, 2.75) is 38.3 Å². The molecule has 200 valence electrons. The zero-order valence-corrected chi connectivity index (χ0v) is 21.1. The van der Waals surface area contributed by atoms with Gasteiger partial charge in [0.05, 0.1) is 31.9 Å². The number of amides is 1. The van der Waals surface area contributed by atoms with Gasteiger partial charge in [0.15, 0.2) is 23.6 Å². The summed E-state index contributed by atoms with van der Waals surface area (Å²) in [5.74, 6) is -4.80. The van der Waals surface area contributed by atoms with E-state index in [0.717, 1.165) is 66.8 Å². The Morgan fingerprint density at radius 3 is 2.21 bits per heavy atom. The zero-order chi connectivity index (χ0) is 26.7. The number of quaternary nitrogens is 1. The van der Waals surface area contributed by atoms with E-state index in [1.165, 1.54) is 23.8 Å². The Morgan fingerprint density at radius 1 is 0.868 bits per heavy atom. The Morgan fingerprint density at radius 2 is 1.53 bits per heavy atom. The van der Waals surface area contributed by atoms with E-state index in [1.54, 1.807) is 6.07 Å². The van der Waals surface area contributed by atoms with E-state index in [2.05, 4.69) is 12.1 Å². The molecule has 8 heteroatoms. The normalized spacial score (nSPS) is 22.3. The molecule has 6 rings (SSSR count). The Kier molecular flexibility index (Phi) is 7.70. The van der Waals surface area contributed by atoms with Crippen LogP contribution in [-0.4, -0.2) is 42.9 Å². The summed E-state index contributed by atoms with van der Waals surface area (Å²) in [6.07, 6.45) is 2.77. The first-order valence-corrected chi connectivity index (χ1v) is 13.1. The third kappa shape index (κ3) is 5.70. The molecule has 3 aliphatic rings. The lowest BCUT2D eigenvalue weighted by Gasteiger charge is -2.52. The Bertz CT molecular complexity index is 1260. The van der Waals surface area contributed by atoms with Crippen molar-refractivity contribution in [2.24, 2.45) is 5.92 Å². The fourth-order valence-corrected chi connectivity index (χ4v) is 5.93. The van der Waals surface area contributed by atoms with Crippen molar-refractivity contribution in [3.8, 4) is 0 Å². The van der Waals surface area contributed by atoms with Crippen molar-refractivity contribution in [1.29, 1.82) is 0 Å². The number of nitrogens with zero attached hydrogens (tertiary/aromatic N) is 2. The maximum Gasteiger partial charge on any atom is 0.415 e. The van der Waals surface area contributed by atoms with E-state index >= 15 is 0 Å². The summed E-state index contributed by atoms with van der Waals surface area (Å²) in [6.45, 7) is 3.39. The molecule has 2 bridgehead atoms. The second-order valence-electron chi connectivity index (χ2n) is 10.5. The quantitative estimate of drug-likeness (QED) is 0.187. The topological polar surface area (TPSA) is 29.5 Å². The van der Waals surface area contributed by atoms with Crippen molar-refractivity contribution in [3.05, 3.63) is 101 Å². The highest BCUT2D eigenvalue weighted by Gasteiger charge is 2.47. The van der Waals surface area contributed by atoms with Gasteiger partial charge in [0, 0.05) is 25.2 Å². The molecule has 3 heterocycles. The van der Waals surface area contributed by atoms with Gasteiger partial charge < -0.3 is 9.22 Å². The van der Waals surface area contributed by atoms with Gasteiger partial charge in [0.2, 0.25) is 0 Å². The summed E-state index contributed by atoms with van der Waals surface area (Å²) in [4.78, 5) is 14.5. The van der Waals surface area contributed by atoms with Crippen LogP contribution in [0.2, 0.25) is 0 Å². The van der Waals surface area contributed by atoms with Crippen molar-refractivity contribution >= 4 is 11.8 Å². The van der Waals surface area contributed by atoms with E-state index in [0.29, 0.717) is 6.54 Å². The molecule has 3 aromatic carbocycles. The predicted octanol–water partition coefficient (Wildman–Crippen LogP) is 6.63. The number of carbonyl (C=O) groups is 1. The number of halogens is 4. The van der Waals surface area contributed by atoms with Gasteiger partial charge in [-0.05, 0) is 41.8 Å². The van der Waals surface area contributed by atoms with Crippen LogP contribution >= 0.6 is 0 Å². The van der Waals surface area contributed by atoms with Crippen LogP contribution in [0, 0.1) is 29.2 Å². The molecule has 1 unspecified atom stereocenters. The molecule has 0 radical (unpaired) electrons. The Labute approximate surface area is 220 Å². The van der Waals surface area contributed by atoms with Crippen LogP contribution < -0.4 is 4.90 Å². The van der Waals surface area contributed by atoms with Gasteiger partial charge in [-0.2, -0.15) is 0 Å². The molecular weight excluding hydrogens is 496 g/mol. The van der Waals surface area contributed by atoms with Gasteiger partial charge in [0.25, 0.3) is 0 Å². The molecule has 0 aromatic heterocycles. The van der Waals surface area contributed by atoms with Gasteiger partial charge in [-0.25, -0.2) is 22.4 Å². The Balaban J connectivity index is 1.31. The minimum atomic E-state index is -1.60. The standard InChI is InChI=1S/C30H31F4N2O2/c31-24-10-4-5-11-27(24)35(19-22-17-25(32)29(34)26(33)18-22)30(37)38-28-20-36(15-12-23(28)13-16-36)14-6-9-21-7-2-1-3-8-21/h1-5,7-8,10-11,17-18,23,28H,6,9,12-16,19-20H2/q+1. The van der Waals surface area contributed by atoms with Crippen molar-refractivity contribution < 1.29 is 31.6 Å². The minimum absolute atomic E-state index is 0.0140. The van der Waals surface area contributed by atoms with Crippen LogP contribution in [0.1, 0.15) is 30.4 Å². The predicted molar refractivity (Wildman–Crippen MR) is 136 cm³/mol.